The largest absolute Gasteiger partial charge is 0.349 e. The van der Waals surface area contributed by atoms with E-state index in [1.165, 1.54) is 0 Å². The van der Waals surface area contributed by atoms with Gasteiger partial charge < -0.3 is 5.32 Å². The molecule has 5 heteroatoms. The Labute approximate surface area is 91.8 Å². The van der Waals surface area contributed by atoms with Gasteiger partial charge in [0.15, 0.2) is 0 Å². The van der Waals surface area contributed by atoms with Gasteiger partial charge in [-0.15, -0.1) is 0 Å². The zero-order valence-electron chi connectivity index (χ0n) is 8.54. The smallest absolute Gasteiger partial charge is 0.231 e. The van der Waals surface area contributed by atoms with E-state index in [9.17, 15) is 4.79 Å². The average Bonchev–Trinajstić information content (AvgIpc) is 2.47. The highest BCUT2D eigenvalue weighted by Gasteiger charge is 2.13. The fourth-order valence-electron chi connectivity index (χ4n) is 1.30. The van der Waals surface area contributed by atoms with Gasteiger partial charge in [-0.2, -0.15) is 5.10 Å². The summed E-state index contributed by atoms with van der Waals surface area (Å²) in [5.41, 5.74) is 2.13. The maximum atomic E-state index is 11.1. The maximum absolute atomic E-state index is 11.1. The van der Waals surface area contributed by atoms with Crippen LogP contribution in [0.3, 0.4) is 0 Å². The van der Waals surface area contributed by atoms with E-state index >= 15 is 0 Å². The van der Waals surface area contributed by atoms with Crippen LogP contribution >= 0.6 is 15.9 Å². The van der Waals surface area contributed by atoms with Crippen molar-refractivity contribution in [3.8, 4) is 0 Å². The van der Waals surface area contributed by atoms with E-state index in [-0.39, 0.29) is 11.9 Å². The van der Waals surface area contributed by atoms with Crippen molar-refractivity contribution >= 4 is 21.8 Å². The predicted molar refractivity (Wildman–Crippen MR) is 58.3 cm³/mol. The molecule has 0 radical (unpaired) electrons. The Morgan fingerprint density at radius 1 is 1.79 bits per heavy atom. The van der Waals surface area contributed by atoms with Gasteiger partial charge in [0.05, 0.1) is 17.6 Å². The molecule has 1 aromatic heterocycles. The molecule has 1 aromatic rings. The van der Waals surface area contributed by atoms with Crippen molar-refractivity contribution in [1.29, 1.82) is 0 Å². The summed E-state index contributed by atoms with van der Waals surface area (Å²) in [5.74, 6) is -0.0132. The molecule has 0 aliphatic carbocycles. The van der Waals surface area contributed by atoms with E-state index in [4.69, 9.17) is 0 Å². The third kappa shape index (κ3) is 2.35. The summed E-state index contributed by atoms with van der Waals surface area (Å²) < 4.78 is 1.80. The van der Waals surface area contributed by atoms with E-state index in [1.54, 1.807) is 10.9 Å². The molecule has 1 rings (SSSR count). The molecule has 0 aliphatic rings. The number of halogens is 1. The number of amides is 1. The Morgan fingerprint density at radius 2 is 2.43 bits per heavy atom. The fourth-order valence-corrected chi connectivity index (χ4v) is 1.46. The molecule has 78 valence electrons. The molecular weight excluding hydrogens is 246 g/mol. The predicted octanol–water partition coefficient (Wildman–Crippen LogP) is 1.30. The van der Waals surface area contributed by atoms with Gasteiger partial charge in [-0.05, 0) is 13.8 Å². The lowest BCUT2D eigenvalue weighted by atomic mass is 10.1. The molecule has 0 fully saturated rings. The Kier molecular flexibility index (Phi) is 3.69. The molecule has 1 heterocycles. The average molecular weight is 260 g/mol. The van der Waals surface area contributed by atoms with Gasteiger partial charge in [-0.3, -0.25) is 9.48 Å². The number of aromatic nitrogens is 2. The standard InChI is InChI=1S/C9H14BrN3O/c1-6(12-9(14)4-10)8-5-11-13(3)7(8)2/h5-6H,4H2,1-3H3,(H,12,14). The molecule has 0 saturated heterocycles. The van der Waals surface area contributed by atoms with Crippen molar-refractivity contribution in [2.45, 2.75) is 19.9 Å². The third-order valence-corrected chi connectivity index (χ3v) is 2.75. The summed E-state index contributed by atoms with van der Waals surface area (Å²) in [5, 5.41) is 7.31. The molecule has 14 heavy (non-hydrogen) atoms. The molecule has 1 N–H and O–H groups in total. The number of aryl methyl sites for hydroxylation is 1. The minimum Gasteiger partial charge on any atom is -0.349 e. The first-order valence-corrected chi connectivity index (χ1v) is 5.52. The van der Waals surface area contributed by atoms with Crippen LogP contribution in [-0.2, 0) is 11.8 Å². The van der Waals surface area contributed by atoms with E-state index in [0.29, 0.717) is 5.33 Å². The first kappa shape index (κ1) is 11.2. The van der Waals surface area contributed by atoms with E-state index < -0.39 is 0 Å². The zero-order chi connectivity index (χ0) is 10.7. The number of nitrogens with zero attached hydrogens (tertiary/aromatic N) is 2. The summed E-state index contributed by atoms with van der Waals surface area (Å²) >= 11 is 3.11. The highest BCUT2D eigenvalue weighted by atomic mass is 79.9. The van der Waals surface area contributed by atoms with Gasteiger partial charge in [0, 0.05) is 18.3 Å². The van der Waals surface area contributed by atoms with Gasteiger partial charge in [0.2, 0.25) is 5.91 Å². The molecular formula is C9H14BrN3O. The summed E-state index contributed by atoms with van der Waals surface area (Å²) in [6, 6.07) is 0.00810. The first-order chi connectivity index (χ1) is 6.56. The van der Waals surface area contributed by atoms with Crippen LogP contribution in [0.4, 0.5) is 0 Å². The second kappa shape index (κ2) is 4.59. The lowest BCUT2D eigenvalue weighted by Gasteiger charge is -2.12. The highest BCUT2D eigenvalue weighted by Crippen LogP contribution is 2.15. The van der Waals surface area contributed by atoms with Gasteiger partial charge in [0.1, 0.15) is 0 Å². The molecule has 1 amide bonds. The zero-order valence-corrected chi connectivity index (χ0v) is 10.1. The molecule has 0 spiro atoms. The Hall–Kier alpha value is -0.840. The lowest BCUT2D eigenvalue weighted by molar-refractivity contribution is -0.119. The van der Waals surface area contributed by atoms with Crippen LogP contribution in [0.15, 0.2) is 6.20 Å². The van der Waals surface area contributed by atoms with Gasteiger partial charge in [-0.1, -0.05) is 15.9 Å². The SMILES string of the molecule is Cc1c(C(C)NC(=O)CBr)cnn1C. The van der Waals surface area contributed by atoms with Crippen LogP contribution in [0.1, 0.15) is 24.2 Å². The quantitative estimate of drug-likeness (QED) is 0.833. The summed E-state index contributed by atoms with van der Waals surface area (Å²) in [6.07, 6.45) is 1.79. The fraction of sp³-hybridized carbons (Fsp3) is 0.556. The van der Waals surface area contributed by atoms with Crippen molar-refractivity contribution < 1.29 is 4.79 Å². The van der Waals surface area contributed by atoms with E-state index in [2.05, 4.69) is 26.3 Å². The second-order valence-electron chi connectivity index (χ2n) is 3.23. The van der Waals surface area contributed by atoms with Crippen LogP contribution in [-0.4, -0.2) is 21.0 Å². The van der Waals surface area contributed by atoms with E-state index in [0.717, 1.165) is 11.3 Å². The number of carbonyl (C=O) groups is 1. The number of hydrogen-bond donors (Lipinski definition) is 1. The van der Waals surface area contributed by atoms with E-state index in [1.807, 2.05) is 20.9 Å². The number of alkyl halides is 1. The molecule has 1 atom stereocenters. The molecule has 0 aliphatic heterocycles. The molecule has 1 unspecified atom stereocenters. The van der Waals surface area contributed by atoms with Gasteiger partial charge in [-0.25, -0.2) is 0 Å². The van der Waals surface area contributed by atoms with Crippen molar-refractivity contribution in [3.63, 3.8) is 0 Å². The molecule has 0 saturated carbocycles. The number of nitrogens with one attached hydrogen (secondary N) is 1. The molecule has 4 nitrogen and oxygen atoms in total. The van der Waals surface area contributed by atoms with Crippen LogP contribution in [0.25, 0.3) is 0 Å². The molecule has 0 aromatic carbocycles. The summed E-state index contributed by atoms with van der Waals surface area (Å²) in [4.78, 5) is 11.1. The number of hydrogen-bond acceptors (Lipinski definition) is 2. The lowest BCUT2D eigenvalue weighted by Crippen LogP contribution is -2.27. The van der Waals surface area contributed by atoms with Crippen molar-refractivity contribution in [2.24, 2.45) is 7.05 Å². The summed E-state index contributed by atoms with van der Waals surface area (Å²) in [7, 11) is 1.89. The summed E-state index contributed by atoms with van der Waals surface area (Å²) in [6.45, 7) is 3.93. The first-order valence-electron chi connectivity index (χ1n) is 4.40. The van der Waals surface area contributed by atoms with Crippen LogP contribution in [0.2, 0.25) is 0 Å². The van der Waals surface area contributed by atoms with Crippen molar-refractivity contribution in [1.82, 2.24) is 15.1 Å². The Balaban J connectivity index is 2.74. The Bertz CT molecular complexity index is 335. The van der Waals surface area contributed by atoms with Crippen LogP contribution < -0.4 is 5.32 Å². The molecule has 0 bridgehead atoms. The minimum absolute atomic E-state index is 0.00810. The number of carbonyl (C=O) groups excluding carboxylic acids is 1. The topological polar surface area (TPSA) is 46.9 Å². The normalized spacial score (nSPS) is 12.6. The second-order valence-corrected chi connectivity index (χ2v) is 3.79. The Morgan fingerprint density at radius 3 is 2.86 bits per heavy atom. The highest BCUT2D eigenvalue weighted by molar-refractivity contribution is 9.09. The van der Waals surface area contributed by atoms with Crippen molar-refractivity contribution in [3.05, 3.63) is 17.5 Å². The monoisotopic (exact) mass is 259 g/mol. The van der Waals surface area contributed by atoms with Gasteiger partial charge in [0.25, 0.3) is 0 Å². The van der Waals surface area contributed by atoms with Crippen LogP contribution in [0.5, 0.6) is 0 Å². The number of rotatable bonds is 3. The minimum atomic E-state index is -0.0132. The third-order valence-electron chi connectivity index (χ3n) is 2.24. The van der Waals surface area contributed by atoms with Crippen molar-refractivity contribution in [2.75, 3.05) is 5.33 Å². The van der Waals surface area contributed by atoms with Crippen LogP contribution in [0, 0.1) is 6.92 Å². The maximum Gasteiger partial charge on any atom is 0.231 e. The van der Waals surface area contributed by atoms with Gasteiger partial charge >= 0.3 is 0 Å².